The molecule has 2 aromatic carbocycles. The van der Waals surface area contributed by atoms with E-state index in [4.69, 9.17) is 5.11 Å². The van der Waals surface area contributed by atoms with Gasteiger partial charge in [0.05, 0.1) is 11.3 Å². The second kappa shape index (κ2) is 7.68. The quantitative estimate of drug-likeness (QED) is 0.452. The van der Waals surface area contributed by atoms with Gasteiger partial charge in [-0.3, -0.25) is 4.98 Å². The molecule has 0 bridgehead atoms. The lowest BCUT2D eigenvalue weighted by molar-refractivity contribution is 0.0697. The van der Waals surface area contributed by atoms with Gasteiger partial charge < -0.3 is 10.1 Å². The molecule has 0 aliphatic rings. The highest BCUT2D eigenvalue weighted by Gasteiger charge is 2.13. The number of benzene rings is 2. The Kier molecular flexibility index (Phi) is 4.94. The number of carboxylic acids is 1. The van der Waals surface area contributed by atoms with Gasteiger partial charge in [-0.1, -0.05) is 18.2 Å². The molecule has 0 radical (unpaired) electrons. The van der Waals surface area contributed by atoms with E-state index in [9.17, 15) is 4.79 Å². The van der Waals surface area contributed by atoms with E-state index in [0.717, 1.165) is 33.8 Å². The van der Waals surface area contributed by atoms with Gasteiger partial charge in [-0.25, -0.2) is 4.79 Å². The molecule has 0 unspecified atom stereocenters. The summed E-state index contributed by atoms with van der Waals surface area (Å²) in [6.45, 7) is 0. The highest BCUT2D eigenvalue weighted by molar-refractivity contribution is 7.99. The Morgan fingerprint density at radius 2 is 1.85 bits per heavy atom. The molecule has 2 N–H and O–H groups in total. The maximum atomic E-state index is 11.0. The second-order valence-electron chi connectivity index (χ2n) is 6.19. The van der Waals surface area contributed by atoms with Crippen molar-refractivity contribution in [2.45, 2.75) is 11.3 Å². The zero-order valence-corrected chi connectivity index (χ0v) is 15.4. The molecule has 0 saturated heterocycles. The number of aromatic amines is 1. The molecule has 4 aromatic rings. The Morgan fingerprint density at radius 1 is 1.04 bits per heavy atom. The van der Waals surface area contributed by atoms with Gasteiger partial charge >= 0.3 is 5.97 Å². The molecule has 27 heavy (non-hydrogen) atoms. The summed E-state index contributed by atoms with van der Waals surface area (Å²) in [5.41, 5.74) is 4.93. The molecule has 0 fully saturated rings. The topological polar surface area (TPSA) is 66.0 Å². The molecule has 5 heteroatoms. The average Bonchev–Trinajstić information content (AvgIpc) is 3.08. The van der Waals surface area contributed by atoms with Crippen molar-refractivity contribution in [1.82, 2.24) is 9.97 Å². The van der Waals surface area contributed by atoms with Gasteiger partial charge in [-0.2, -0.15) is 0 Å². The fraction of sp³-hybridized carbons (Fsp3) is 0.0909. The predicted molar refractivity (Wildman–Crippen MR) is 109 cm³/mol. The molecule has 0 aliphatic carbocycles. The van der Waals surface area contributed by atoms with Crippen LogP contribution in [0.2, 0.25) is 0 Å². The van der Waals surface area contributed by atoms with Crippen LogP contribution < -0.4 is 0 Å². The van der Waals surface area contributed by atoms with Crippen molar-refractivity contribution in [2.24, 2.45) is 0 Å². The Hall–Kier alpha value is -3.05. The summed E-state index contributed by atoms with van der Waals surface area (Å²) in [6, 6.07) is 19.4. The summed E-state index contributed by atoms with van der Waals surface area (Å²) in [5, 5.41) is 10.2. The molecule has 0 atom stereocenters. The third-order valence-electron chi connectivity index (χ3n) is 4.49. The van der Waals surface area contributed by atoms with Crippen LogP contribution in [0.4, 0.5) is 0 Å². The number of H-pyrrole nitrogens is 1. The van der Waals surface area contributed by atoms with Gasteiger partial charge in [0.15, 0.2) is 0 Å². The van der Waals surface area contributed by atoms with Crippen LogP contribution in [0, 0.1) is 0 Å². The summed E-state index contributed by atoms with van der Waals surface area (Å²) in [6.07, 6.45) is 4.56. The molecule has 4 rings (SSSR count). The van der Waals surface area contributed by atoms with Crippen molar-refractivity contribution in [3.8, 4) is 11.3 Å². The van der Waals surface area contributed by atoms with Crippen molar-refractivity contribution in [2.75, 3.05) is 5.75 Å². The lowest BCUT2D eigenvalue weighted by Gasteiger charge is -2.06. The SMILES string of the molecule is O=C(O)c1ccc(SCCc2c(-c3cccnc3)[nH]c3ccccc23)cc1. The molecule has 0 spiro atoms. The molecule has 4 nitrogen and oxygen atoms in total. The fourth-order valence-electron chi connectivity index (χ4n) is 3.18. The van der Waals surface area contributed by atoms with E-state index >= 15 is 0 Å². The van der Waals surface area contributed by atoms with E-state index in [1.54, 1.807) is 30.1 Å². The van der Waals surface area contributed by atoms with Crippen LogP contribution in [0.5, 0.6) is 0 Å². The first-order valence-electron chi connectivity index (χ1n) is 8.68. The van der Waals surface area contributed by atoms with Crippen LogP contribution in [0.3, 0.4) is 0 Å². The van der Waals surface area contributed by atoms with Gasteiger partial charge in [0.2, 0.25) is 0 Å². The average molecular weight is 374 g/mol. The lowest BCUT2D eigenvalue weighted by Crippen LogP contribution is -1.95. The van der Waals surface area contributed by atoms with Crippen LogP contribution in [-0.2, 0) is 6.42 Å². The zero-order chi connectivity index (χ0) is 18.6. The standard InChI is InChI=1S/C22H18N2O2S/c25-22(26)15-7-9-17(10-8-15)27-13-11-19-18-5-1-2-6-20(18)24-21(19)16-4-3-12-23-14-16/h1-10,12,14,24H,11,13H2,(H,25,26). The molecular formula is C22H18N2O2S. The summed E-state index contributed by atoms with van der Waals surface area (Å²) >= 11 is 1.73. The van der Waals surface area contributed by atoms with Crippen LogP contribution in [0.15, 0.2) is 78.0 Å². The number of aryl methyl sites for hydroxylation is 1. The van der Waals surface area contributed by atoms with E-state index in [0.29, 0.717) is 5.56 Å². The molecule has 2 aromatic heterocycles. The molecular weight excluding hydrogens is 356 g/mol. The first-order valence-corrected chi connectivity index (χ1v) is 9.67. The number of carboxylic acid groups (broad SMARTS) is 1. The Labute approximate surface area is 161 Å². The second-order valence-corrected chi connectivity index (χ2v) is 7.36. The first-order chi connectivity index (χ1) is 13.2. The normalized spacial score (nSPS) is 11.0. The number of hydrogen-bond acceptors (Lipinski definition) is 3. The Bertz CT molecular complexity index is 1070. The lowest BCUT2D eigenvalue weighted by atomic mass is 10.0. The summed E-state index contributed by atoms with van der Waals surface area (Å²) in [4.78, 5) is 19.8. The minimum atomic E-state index is -0.897. The predicted octanol–water partition coefficient (Wildman–Crippen LogP) is 5.26. The van der Waals surface area contributed by atoms with E-state index in [1.807, 2.05) is 30.5 Å². The number of rotatable bonds is 6. The van der Waals surface area contributed by atoms with Crippen molar-refractivity contribution in [1.29, 1.82) is 0 Å². The number of fused-ring (bicyclic) bond motifs is 1. The van der Waals surface area contributed by atoms with E-state index < -0.39 is 5.97 Å². The van der Waals surface area contributed by atoms with Gasteiger partial charge in [0.1, 0.15) is 0 Å². The summed E-state index contributed by atoms with van der Waals surface area (Å²) in [5.74, 6) is 0.00749. The third-order valence-corrected chi connectivity index (χ3v) is 5.50. The van der Waals surface area contributed by atoms with Gasteiger partial charge in [-0.05, 0) is 54.4 Å². The number of hydrogen-bond donors (Lipinski definition) is 2. The fourth-order valence-corrected chi connectivity index (χ4v) is 4.05. The van der Waals surface area contributed by atoms with Crippen LogP contribution >= 0.6 is 11.8 Å². The highest BCUT2D eigenvalue weighted by atomic mass is 32.2. The van der Waals surface area contributed by atoms with Gasteiger partial charge in [0.25, 0.3) is 0 Å². The summed E-state index contributed by atoms with van der Waals surface area (Å²) < 4.78 is 0. The Morgan fingerprint density at radius 3 is 2.59 bits per heavy atom. The van der Waals surface area contributed by atoms with E-state index in [-0.39, 0.29) is 0 Å². The van der Waals surface area contributed by atoms with Crippen molar-refractivity contribution < 1.29 is 9.90 Å². The molecule has 0 aliphatic heterocycles. The van der Waals surface area contributed by atoms with E-state index in [2.05, 4.69) is 34.2 Å². The summed E-state index contributed by atoms with van der Waals surface area (Å²) in [7, 11) is 0. The number of nitrogens with one attached hydrogen (secondary N) is 1. The number of pyridine rings is 1. The maximum absolute atomic E-state index is 11.0. The van der Waals surface area contributed by atoms with Crippen LogP contribution in [0.1, 0.15) is 15.9 Å². The smallest absolute Gasteiger partial charge is 0.335 e. The number of aromatic carboxylic acids is 1. The van der Waals surface area contributed by atoms with Crippen molar-refractivity contribution in [3.05, 3.63) is 84.2 Å². The van der Waals surface area contributed by atoms with Crippen LogP contribution in [0.25, 0.3) is 22.2 Å². The minimum Gasteiger partial charge on any atom is -0.478 e. The molecule has 134 valence electrons. The number of aromatic nitrogens is 2. The third kappa shape index (κ3) is 3.73. The van der Waals surface area contributed by atoms with Crippen molar-refractivity contribution in [3.63, 3.8) is 0 Å². The number of nitrogens with zero attached hydrogens (tertiary/aromatic N) is 1. The monoisotopic (exact) mass is 374 g/mol. The van der Waals surface area contributed by atoms with Gasteiger partial charge in [0, 0.05) is 39.5 Å². The highest BCUT2D eigenvalue weighted by Crippen LogP contribution is 2.31. The molecule has 0 saturated carbocycles. The van der Waals surface area contributed by atoms with Gasteiger partial charge in [-0.15, -0.1) is 11.8 Å². The van der Waals surface area contributed by atoms with E-state index in [1.165, 1.54) is 10.9 Å². The molecule has 0 amide bonds. The largest absolute Gasteiger partial charge is 0.478 e. The number of carbonyl (C=O) groups is 1. The minimum absolute atomic E-state index is 0.315. The number of thioether (sulfide) groups is 1. The van der Waals surface area contributed by atoms with Crippen LogP contribution in [-0.4, -0.2) is 26.8 Å². The maximum Gasteiger partial charge on any atom is 0.335 e. The first kappa shape index (κ1) is 17.4. The zero-order valence-electron chi connectivity index (χ0n) is 14.6. The van der Waals surface area contributed by atoms with Crippen molar-refractivity contribution >= 4 is 28.6 Å². The number of para-hydroxylation sites is 1. The Balaban J connectivity index is 1.57. The molecule has 2 heterocycles.